The monoisotopic (exact) mass is 303 g/mol. The number of carboxylic acids is 1. The summed E-state index contributed by atoms with van der Waals surface area (Å²) in [5, 5.41) is 20.6. The second-order valence-corrected chi connectivity index (χ2v) is 7.13. The van der Waals surface area contributed by atoms with Crippen LogP contribution in [-0.4, -0.2) is 33.1 Å². The van der Waals surface area contributed by atoms with E-state index in [1.54, 1.807) is 0 Å². The summed E-state index contributed by atoms with van der Waals surface area (Å²) in [6, 6.07) is 0.365. The molecule has 0 saturated carbocycles. The number of carboxylic acid groups (broad SMARTS) is 1. The van der Waals surface area contributed by atoms with Crippen molar-refractivity contribution in [2.24, 2.45) is 5.92 Å². The molecule has 1 aromatic heterocycles. The molecule has 1 rings (SSSR count). The second kappa shape index (κ2) is 8.37. The van der Waals surface area contributed by atoms with Gasteiger partial charge in [0.15, 0.2) is 4.34 Å². The molecule has 0 spiro atoms. The SMILES string of the molecule is CC(C)CCCC(C)Nc1nnc(SCC(=O)O)s1. The molecule has 1 unspecified atom stereocenters. The number of rotatable bonds is 9. The Morgan fingerprint density at radius 1 is 1.37 bits per heavy atom. The minimum absolute atomic E-state index is 0.0264. The van der Waals surface area contributed by atoms with Crippen molar-refractivity contribution in [3.63, 3.8) is 0 Å². The van der Waals surface area contributed by atoms with E-state index >= 15 is 0 Å². The van der Waals surface area contributed by atoms with E-state index in [1.165, 1.54) is 35.9 Å². The lowest BCUT2D eigenvalue weighted by Gasteiger charge is -2.12. The van der Waals surface area contributed by atoms with Crippen molar-refractivity contribution in [3.05, 3.63) is 0 Å². The van der Waals surface area contributed by atoms with Crippen LogP contribution in [0.4, 0.5) is 5.13 Å². The van der Waals surface area contributed by atoms with Crippen LogP contribution in [0, 0.1) is 5.92 Å². The van der Waals surface area contributed by atoms with Gasteiger partial charge in [0.25, 0.3) is 0 Å². The first kappa shape index (κ1) is 16.2. The first-order valence-electron chi connectivity index (χ1n) is 6.42. The van der Waals surface area contributed by atoms with Gasteiger partial charge < -0.3 is 10.4 Å². The van der Waals surface area contributed by atoms with Crippen molar-refractivity contribution in [3.8, 4) is 0 Å². The second-order valence-electron chi connectivity index (χ2n) is 4.93. The Morgan fingerprint density at radius 3 is 2.74 bits per heavy atom. The molecule has 0 aromatic carbocycles. The highest BCUT2D eigenvalue weighted by atomic mass is 32.2. The zero-order valence-electron chi connectivity index (χ0n) is 11.5. The fourth-order valence-corrected chi connectivity index (χ4v) is 3.15. The molecular formula is C12H21N3O2S2. The summed E-state index contributed by atoms with van der Waals surface area (Å²) in [6.45, 7) is 6.59. The summed E-state index contributed by atoms with van der Waals surface area (Å²) in [4.78, 5) is 10.5. The van der Waals surface area contributed by atoms with E-state index in [4.69, 9.17) is 5.11 Å². The van der Waals surface area contributed by atoms with E-state index in [9.17, 15) is 4.79 Å². The predicted octanol–water partition coefficient (Wildman–Crippen LogP) is 3.34. The zero-order valence-corrected chi connectivity index (χ0v) is 13.2. The summed E-state index contributed by atoms with van der Waals surface area (Å²) in [7, 11) is 0. The first-order chi connectivity index (χ1) is 8.97. The van der Waals surface area contributed by atoms with Crippen LogP contribution in [0.25, 0.3) is 0 Å². The molecule has 1 heterocycles. The number of thioether (sulfide) groups is 1. The summed E-state index contributed by atoms with van der Waals surface area (Å²) < 4.78 is 0.694. The first-order valence-corrected chi connectivity index (χ1v) is 8.22. The number of carbonyl (C=O) groups is 1. The van der Waals surface area contributed by atoms with E-state index < -0.39 is 5.97 Å². The molecule has 1 atom stereocenters. The Kier molecular flexibility index (Phi) is 7.15. The molecule has 0 aliphatic carbocycles. The quantitative estimate of drug-likeness (QED) is 0.681. The summed E-state index contributed by atoms with van der Waals surface area (Å²) >= 11 is 2.61. The third-order valence-corrected chi connectivity index (χ3v) is 4.49. The van der Waals surface area contributed by atoms with Gasteiger partial charge in [-0.3, -0.25) is 4.79 Å². The average molecular weight is 303 g/mol. The highest BCUT2D eigenvalue weighted by Gasteiger charge is 2.09. The molecule has 2 N–H and O–H groups in total. The normalized spacial score (nSPS) is 12.6. The molecule has 0 fully saturated rings. The molecule has 0 amide bonds. The van der Waals surface area contributed by atoms with Gasteiger partial charge in [-0.15, -0.1) is 10.2 Å². The molecule has 0 bridgehead atoms. The van der Waals surface area contributed by atoms with Crippen molar-refractivity contribution >= 4 is 34.2 Å². The van der Waals surface area contributed by atoms with Crippen molar-refractivity contribution in [2.75, 3.05) is 11.1 Å². The van der Waals surface area contributed by atoms with Crippen molar-refractivity contribution in [1.82, 2.24) is 10.2 Å². The van der Waals surface area contributed by atoms with Gasteiger partial charge in [-0.05, 0) is 19.3 Å². The lowest BCUT2D eigenvalue weighted by Crippen LogP contribution is -2.14. The largest absolute Gasteiger partial charge is 0.481 e. The lowest BCUT2D eigenvalue weighted by molar-refractivity contribution is -0.133. The van der Waals surface area contributed by atoms with Gasteiger partial charge in [-0.25, -0.2) is 0 Å². The molecule has 108 valence electrons. The van der Waals surface area contributed by atoms with Gasteiger partial charge in [-0.2, -0.15) is 0 Å². The van der Waals surface area contributed by atoms with Crippen molar-refractivity contribution in [2.45, 2.75) is 50.4 Å². The molecular weight excluding hydrogens is 282 g/mol. The summed E-state index contributed by atoms with van der Waals surface area (Å²) in [5.74, 6) is -0.0667. The molecule has 19 heavy (non-hydrogen) atoms. The van der Waals surface area contributed by atoms with Gasteiger partial charge in [0.1, 0.15) is 0 Å². The van der Waals surface area contributed by atoms with E-state index in [0.29, 0.717) is 10.4 Å². The van der Waals surface area contributed by atoms with E-state index in [1.807, 2.05) is 0 Å². The number of anilines is 1. The van der Waals surface area contributed by atoms with Crippen LogP contribution in [0.3, 0.4) is 0 Å². The van der Waals surface area contributed by atoms with E-state index in [0.717, 1.165) is 17.5 Å². The van der Waals surface area contributed by atoms with Gasteiger partial charge >= 0.3 is 5.97 Å². The third kappa shape index (κ3) is 7.37. The third-order valence-electron chi connectivity index (χ3n) is 2.51. The minimum atomic E-state index is -0.836. The number of nitrogens with zero attached hydrogens (tertiary/aromatic N) is 2. The Labute approximate surface area is 122 Å². The summed E-state index contributed by atoms with van der Waals surface area (Å²) in [6.07, 6.45) is 3.54. The summed E-state index contributed by atoms with van der Waals surface area (Å²) in [5.41, 5.74) is 0. The van der Waals surface area contributed by atoms with Crippen LogP contribution >= 0.6 is 23.1 Å². The van der Waals surface area contributed by atoms with Crippen LogP contribution in [0.2, 0.25) is 0 Å². The smallest absolute Gasteiger partial charge is 0.313 e. The Morgan fingerprint density at radius 2 is 2.11 bits per heavy atom. The zero-order chi connectivity index (χ0) is 14.3. The van der Waals surface area contributed by atoms with Crippen molar-refractivity contribution in [1.29, 1.82) is 0 Å². The minimum Gasteiger partial charge on any atom is -0.481 e. The number of aliphatic carboxylic acids is 1. The van der Waals surface area contributed by atoms with Gasteiger partial charge in [0, 0.05) is 6.04 Å². The highest BCUT2D eigenvalue weighted by molar-refractivity contribution is 8.01. The van der Waals surface area contributed by atoms with E-state index in [2.05, 4.69) is 36.3 Å². The van der Waals surface area contributed by atoms with Crippen LogP contribution < -0.4 is 5.32 Å². The molecule has 5 nitrogen and oxygen atoms in total. The fourth-order valence-electron chi connectivity index (χ4n) is 1.57. The molecule has 7 heteroatoms. The van der Waals surface area contributed by atoms with Gasteiger partial charge in [0.05, 0.1) is 5.75 Å². The number of aromatic nitrogens is 2. The van der Waals surface area contributed by atoms with Crippen LogP contribution in [0.1, 0.15) is 40.0 Å². The lowest BCUT2D eigenvalue weighted by atomic mass is 10.0. The predicted molar refractivity (Wildman–Crippen MR) is 80.0 cm³/mol. The molecule has 0 aliphatic heterocycles. The average Bonchev–Trinajstić information content (AvgIpc) is 2.73. The van der Waals surface area contributed by atoms with Gasteiger partial charge in [0.2, 0.25) is 5.13 Å². The Bertz CT molecular complexity index is 396. The standard InChI is InChI=1S/C12H21N3O2S2/c1-8(2)5-4-6-9(3)13-11-14-15-12(19-11)18-7-10(16)17/h8-9H,4-7H2,1-3H3,(H,13,14)(H,16,17). The molecule has 0 radical (unpaired) electrons. The van der Waals surface area contributed by atoms with Crippen LogP contribution in [0.5, 0.6) is 0 Å². The van der Waals surface area contributed by atoms with E-state index in [-0.39, 0.29) is 5.75 Å². The van der Waals surface area contributed by atoms with Crippen LogP contribution in [-0.2, 0) is 4.79 Å². The van der Waals surface area contributed by atoms with Gasteiger partial charge in [-0.1, -0.05) is 49.8 Å². The maximum absolute atomic E-state index is 10.5. The maximum atomic E-state index is 10.5. The topological polar surface area (TPSA) is 75.1 Å². The number of hydrogen-bond acceptors (Lipinski definition) is 6. The number of nitrogens with one attached hydrogen (secondary N) is 1. The van der Waals surface area contributed by atoms with Crippen LogP contribution in [0.15, 0.2) is 4.34 Å². The number of hydrogen-bond donors (Lipinski definition) is 2. The molecule has 0 saturated heterocycles. The van der Waals surface area contributed by atoms with Crippen molar-refractivity contribution < 1.29 is 9.90 Å². The molecule has 0 aliphatic rings. The Balaban J connectivity index is 2.30. The molecule has 1 aromatic rings. The highest BCUT2D eigenvalue weighted by Crippen LogP contribution is 2.26. The maximum Gasteiger partial charge on any atom is 0.313 e. The Hall–Kier alpha value is -0.820. The fraction of sp³-hybridized carbons (Fsp3) is 0.750.